The van der Waals surface area contributed by atoms with E-state index >= 15 is 0 Å². The number of furan rings is 1. The Bertz CT molecular complexity index is 3660. The Morgan fingerprint density at radius 2 is 0.968 bits per heavy atom. The van der Waals surface area contributed by atoms with E-state index in [2.05, 4.69) is 234 Å². The maximum atomic E-state index is 6.57. The van der Waals surface area contributed by atoms with Crippen LogP contribution in [0.3, 0.4) is 0 Å². The highest BCUT2D eigenvalue weighted by atomic mass is 16.3. The first-order chi connectivity index (χ1) is 30.8. The Morgan fingerprint density at radius 3 is 1.74 bits per heavy atom. The minimum Gasteiger partial charge on any atom is -0.456 e. The molecule has 3 heteroatoms. The summed E-state index contributed by atoms with van der Waals surface area (Å²) < 4.78 is 8.95. The molecule has 0 radical (unpaired) electrons. The van der Waals surface area contributed by atoms with Gasteiger partial charge in [-0.3, -0.25) is 0 Å². The number of hydrogen-bond donors (Lipinski definition) is 0. The number of aromatic nitrogens is 1. The van der Waals surface area contributed by atoms with E-state index in [9.17, 15) is 0 Å². The van der Waals surface area contributed by atoms with Crippen LogP contribution in [0.2, 0.25) is 0 Å². The number of para-hydroxylation sites is 3. The summed E-state index contributed by atoms with van der Waals surface area (Å²) in [5.41, 5.74) is 15.4. The van der Waals surface area contributed by atoms with Crippen molar-refractivity contribution < 1.29 is 4.42 Å². The lowest BCUT2D eigenvalue weighted by Gasteiger charge is -2.35. The van der Waals surface area contributed by atoms with Crippen LogP contribution in [0.1, 0.15) is 22.3 Å². The molecule has 13 rings (SSSR count). The second-order valence-electron chi connectivity index (χ2n) is 16.4. The Balaban J connectivity index is 1.13. The van der Waals surface area contributed by atoms with Crippen LogP contribution in [-0.4, -0.2) is 4.57 Å². The third kappa shape index (κ3) is 4.94. The molecule has 0 amide bonds. The second-order valence-corrected chi connectivity index (χ2v) is 16.4. The van der Waals surface area contributed by atoms with Crippen molar-refractivity contribution in [2.45, 2.75) is 5.41 Å². The fourth-order valence-corrected chi connectivity index (χ4v) is 10.6. The van der Waals surface area contributed by atoms with Crippen LogP contribution >= 0.6 is 0 Å². The van der Waals surface area contributed by atoms with Gasteiger partial charge in [-0.2, -0.15) is 0 Å². The molecular weight excluding hydrogens is 753 g/mol. The highest BCUT2D eigenvalue weighted by molar-refractivity contribution is 6.15. The maximum absolute atomic E-state index is 6.57. The van der Waals surface area contributed by atoms with Gasteiger partial charge in [-0.05, 0) is 123 Å². The second kappa shape index (κ2) is 13.4. The smallest absolute Gasteiger partial charge is 0.137 e. The lowest BCUT2D eigenvalue weighted by molar-refractivity contribution is 0.669. The zero-order valence-electron chi connectivity index (χ0n) is 33.7. The van der Waals surface area contributed by atoms with E-state index in [0.29, 0.717) is 0 Å². The highest BCUT2D eigenvalue weighted by Crippen LogP contribution is 2.58. The van der Waals surface area contributed by atoms with E-state index in [1.807, 2.05) is 6.07 Å². The maximum Gasteiger partial charge on any atom is 0.137 e. The van der Waals surface area contributed by atoms with Gasteiger partial charge in [-0.25, -0.2) is 0 Å². The summed E-state index contributed by atoms with van der Waals surface area (Å²) in [6, 6.07) is 84.2. The summed E-state index contributed by atoms with van der Waals surface area (Å²) in [4.78, 5) is 2.46. The van der Waals surface area contributed by atoms with E-state index in [-0.39, 0.29) is 0 Å². The van der Waals surface area contributed by atoms with Gasteiger partial charge >= 0.3 is 0 Å². The molecule has 0 saturated heterocycles. The van der Waals surface area contributed by atoms with Crippen LogP contribution in [-0.2, 0) is 5.41 Å². The van der Waals surface area contributed by atoms with Gasteiger partial charge in [-0.15, -0.1) is 0 Å². The average molecular weight is 791 g/mol. The summed E-state index contributed by atoms with van der Waals surface area (Å²) >= 11 is 0. The van der Waals surface area contributed by atoms with E-state index in [4.69, 9.17) is 4.42 Å². The molecule has 1 aliphatic rings. The van der Waals surface area contributed by atoms with Crippen molar-refractivity contribution >= 4 is 71.6 Å². The van der Waals surface area contributed by atoms with E-state index < -0.39 is 5.41 Å². The summed E-state index contributed by atoms with van der Waals surface area (Å²) in [6.45, 7) is 0. The molecule has 0 unspecified atom stereocenters. The third-order valence-electron chi connectivity index (χ3n) is 13.2. The molecule has 2 heterocycles. The molecule has 0 atom stereocenters. The van der Waals surface area contributed by atoms with Gasteiger partial charge in [0.1, 0.15) is 11.2 Å². The molecule has 0 aliphatic heterocycles. The molecule has 1 aliphatic carbocycles. The Labute approximate surface area is 359 Å². The largest absolute Gasteiger partial charge is 0.456 e. The van der Waals surface area contributed by atoms with E-state index in [1.54, 1.807) is 0 Å². The standard InChI is InChI=1S/C59H38N2O/c1-4-19-41(20-5-1)59(42-21-6-2-7-22-42)51-36-40-18-11-10-17-39(40)35-49(51)46-33-31-45(38-52(46)59)60(55-28-16-30-57-58(55)48-26-13-15-29-56(48)62-57)44-32-34-54-50(37-44)47-25-12-14-27-53(47)61(54)43-23-8-3-9-24-43/h1-38H. The topological polar surface area (TPSA) is 21.3 Å². The van der Waals surface area contributed by atoms with Crippen molar-refractivity contribution in [1.29, 1.82) is 0 Å². The minimum absolute atomic E-state index is 0.583. The van der Waals surface area contributed by atoms with Crippen LogP contribution in [0.15, 0.2) is 235 Å². The quantitative estimate of drug-likeness (QED) is 0.167. The highest BCUT2D eigenvalue weighted by Gasteiger charge is 2.46. The van der Waals surface area contributed by atoms with Crippen LogP contribution in [0.5, 0.6) is 0 Å². The molecule has 0 bridgehead atoms. The van der Waals surface area contributed by atoms with E-state index in [0.717, 1.165) is 50.2 Å². The summed E-state index contributed by atoms with van der Waals surface area (Å²) in [5, 5.41) is 7.05. The number of hydrogen-bond acceptors (Lipinski definition) is 2. The molecule has 0 saturated carbocycles. The van der Waals surface area contributed by atoms with Crippen LogP contribution < -0.4 is 4.90 Å². The van der Waals surface area contributed by atoms with Gasteiger partial charge in [0.2, 0.25) is 0 Å². The number of benzene rings is 10. The zero-order chi connectivity index (χ0) is 40.8. The number of rotatable bonds is 6. The molecular formula is C59H38N2O. The van der Waals surface area contributed by atoms with Gasteiger partial charge in [0, 0.05) is 33.2 Å². The normalized spacial score (nSPS) is 13.0. The summed E-state index contributed by atoms with van der Waals surface area (Å²) in [7, 11) is 0. The Hall–Kier alpha value is -8.14. The number of fused-ring (bicyclic) bond motifs is 10. The summed E-state index contributed by atoms with van der Waals surface area (Å²) in [6.07, 6.45) is 0. The van der Waals surface area contributed by atoms with Crippen molar-refractivity contribution in [3.63, 3.8) is 0 Å². The molecule has 3 nitrogen and oxygen atoms in total. The predicted octanol–water partition coefficient (Wildman–Crippen LogP) is 15.7. The summed E-state index contributed by atoms with van der Waals surface area (Å²) in [5.74, 6) is 0. The van der Waals surface area contributed by atoms with Gasteiger partial charge in [0.05, 0.1) is 27.5 Å². The molecule has 2 aromatic heterocycles. The molecule has 0 N–H and O–H groups in total. The number of nitrogens with zero attached hydrogens (tertiary/aromatic N) is 2. The van der Waals surface area contributed by atoms with E-state index in [1.165, 1.54) is 60.4 Å². The SMILES string of the molecule is c1ccc(-n2c3ccccc3c3cc(N(c4ccc5c(c4)C(c4ccccc4)(c4ccccc4)c4cc6ccccc6cc4-5)c4cccc5oc6ccccc6c45)ccc32)cc1. The fourth-order valence-electron chi connectivity index (χ4n) is 10.6. The minimum atomic E-state index is -0.583. The Morgan fingerprint density at radius 1 is 0.387 bits per heavy atom. The molecule has 10 aromatic carbocycles. The van der Waals surface area contributed by atoms with Gasteiger partial charge in [0.25, 0.3) is 0 Å². The zero-order valence-corrected chi connectivity index (χ0v) is 33.7. The van der Waals surface area contributed by atoms with Gasteiger partial charge < -0.3 is 13.9 Å². The Kier molecular flexibility index (Phi) is 7.52. The number of anilines is 3. The van der Waals surface area contributed by atoms with Crippen molar-refractivity contribution in [2.24, 2.45) is 0 Å². The first kappa shape index (κ1) is 34.7. The molecule has 0 spiro atoms. The van der Waals surface area contributed by atoms with Gasteiger partial charge in [0.15, 0.2) is 0 Å². The lowest BCUT2D eigenvalue weighted by Crippen LogP contribution is -2.28. The van der Waals surface area contributed by atoms with Crippen LogP contribution in [0.25, 0.3) is 71.3 Å². The van der Waals surface area contributed by atoms with Crippen molar-refractivity contribution in [3.05, 3.63) is 253 Å². The monoisotopic (exact) mass is 790 g/mol. The van der Waals surface area contributed by atoms with Gasteiger partial charge in [-0.1, -0.05) is 152 Å². The predicted molar refractivity (Wildman–Crippen MR) is 258 cm³/mol. The van der Waals surface area contributed by atoms with Crippen molar-refractivity contribution in [1.82, 2.24) is 4.57 Å². The third-order valence-corrected chi connectivity index (χ3v) is 13.2. The van der Waals surface area contributed by atoms with Crippen LogP contribution in [0, 0.1) is 0 Å². The fraction of sp³-hybridized carbons (Fsp3) is 0.0169. The molecule has 12 aromatic rings. The van der Waals surface area contributed by atoms with Crippen LogP contribution in [0.4, 0.5) is 17.1 Å². The molecule has 0 fully saturated rings. The van der Waals surface area contributed by atoms with Crippen molar-refractivity contribution in [3.8, 4) is 16.8 Å². The van der Waals surface area contributed by atoms with Crippen molar-refractivity contribution in [2.75, 3.05) is 4.90 Å². The lowest BCUT2D eigenvalue weighted by atomic mass is 9.67. The molecule has 62 heavy (non-hydrogen) atoms. The first-order valence-electron chi connectivity index (χ1n) is 21.3. The average Bonchev–Trinajstić information content (AvgIpc) is 3.98. The first-order valence-corrected chi connectivity index (χ1v) is 21.3. The molecule has 290 valence electrons.